The number of rotatable bonds is 10. The van der Waals surface area contributed by atoms with Gasteiger partial charge in [-0.25, -0.2) is 4.79 Å². The summed E-state index contributed by atoms with van der Waals surface area (Å²) in [6, 6.07) is 4.48. The van der Waals surface area contributed by atoms with Crippen LogP contribution in [0.5, 0.6) is 11.5 Å². The van der Waals surface area contributed by atoms with E-state index >= 15 is 0 Å². The molecule has 1 atom stereocenters. The molecule has 1 aliphatic rings. The first-order chi connectivity index (χ1) is 14.6. The standard InChI is InChI=1S/C20H28N4O7/c1-6-20(2)18(27)24(19(28)21-20)22-16(25)11-23(12-17(26)31-5)10-13-7-14(29-3)9-15(8-13)30-4/h7-9H,6,10-12H2,1-5H3,(H,21,28)(H,22,25). The molecule has 11 heteroatoms. The first-order valence-corrected chi connectivity index (χ1v) is 9.63. The lowest BCUT2D eigenvalue weighted by molar-refractivity contribution is -0.143. The lowest BCUT2D eigenvalue weighted by atomic mass is 10.00. The maximum atomic E-state index is 12.6. The number of urea groups is 1. The zero-order chi connectivity index (χ0) is 23.2. The van der Waals surface area contributed by atoms with Crippen LogP contribution in [-0.4, -0.2) is 73.7 Å². The molecule has 1 fully saturated rings. The van der Waals surface area contributed by atoms with Crippen LogP contribution in [0.3, 0.4) is 0 Å². The summed E-state index contributed by atoms with van der Waals surface area (Å²) in [4.78, 5) is 50.5. The van der Waals surface area contributed by atoms with Gasteiger partial charge in [0.25, 0.3) is 11.8 Å². The van der Waals surface area contributed by atoms with Crippen LogP contribution in [-0.2, 0) is 25.7 Å². The van der Waals surface area contributed by atoms with Gasteiger partial charge in [-0.1, -0.05) is 6.92 Å². The molecule has 1 saturated heterocycles. The second-order valence-corrected chi connectivity index (χ2v) is 7.23. The van der Waals surface area contributed by atoms with Gasteiger partial charge in [-0.05, 0) is 31.0 Å². The Morgan fingerprint density at radius 3 is 2.19 bits per heavy atom. The molecule has 0 bridgehead atoms. The van der Waals surface area contributed by atoms with E-state index in [1.807, 2.05) is 0 Å². The number of hydrogen-bond donors (Lipinski definition) is 2. The molecule has 2 N–H and O–H groups in total. The molecule has 0 aromatic heterocycles. The molecule has 0 spiro atoms. The van der Waals surface area contributed by atoms with Crippen molar-refractivity contribution in [2.24, 2.45) is 0 Å². The number of hydrazine groups is 1. The van der Waals surface area contributed by atoms with E-state index < -0.39 is 29.4 Å². The van der Waals surface area contributed by atoms with Crippen LogP contribution in [0.15, 0.2) is 18.2 Å². The molecule has 1 heterocycles. The van der Waals surface area contributed by atoms with Crippen molar-refractivity contribution in [1.29, 1.82) is 0 Å². The lowest BCUT2D eigenvalue weighted by Crippen LogP contribution is -2.51. The number of benzene rings is 1. The van der Waals surface area contributed by atoms with E-state index in [4.69, 9.17) is 14.2 Å². The average Bonchev–Trinajstić information content (AvgIpc) is 2.96. The Bertz CT molecular complexity index is 838. The molecule has 4 amide bonds. The van der Waals surface area contributed by atoms with Gasteiger partial charge in [0, 0.05) is 12.6 Å². The molecule has 1 aromatic rings. The highest BCUT2D eigenvalue weighted by Crippen LogP contribution is 2.23. The van der Waals surface area contributed by atoms with Gasteiger partial charge in [-0.3, -0.25) is 24.7 Å². The van der Waals surface area contributed by atoms with Crippen LogP contribution in [0.2, 0.25) is 0 Å². The molecule has 1 unspecified atom stereocenters. The Labute approximate surface area is 180 Å². The largest absolute Gasteiger partial charge is 0.497 e. The van der Waals surface area contributed by atoms with Gasteiger partial charge in [0.2, 0.25) is 0 Å². The maximum absolute atomic E-state index is 12.6. The fraction of sp³-hybridized carbons (Fsp3) is 0.500. The second-order valence-electron chi connectivity index (χ2n) is 7.23. The number of imide groups is 1. The minimum absolute atomic E-state index is 0.183. The minimum Gasteiger partial charge on any atom is -0.497 e. The van der Waals surface area contributed by atoms with Crippen molar-refractivity contribution in [3.63, 3.8) is 0 Å². The van der Waals surface area contributed by atoms with Crippen molar-refractivity contribution in [2.45, 2.75) is 32.4 Å². The third-order valence-corrected chi connectivity index (χ3v) is 4.97. The fourth-order valence-electron chi connectivity index (χ4n) is 3.02. The summed E-state index contributed by atoms with van der Waals surface area (Å²) in [6.07, 6.45) is 0.371. The third-order valence-electron chi connectivity index (χ3n) is 4.97. The molecule has 0 radical (unpaired) electrons. The zero-order valence-corrected chi connectivity index (χ0v) is 18.3. The summed E-state index contributed by atoms with van der Waals surface area (Å²) in [5, 5.41) is 3.22. The van der Waals surface area contributed by atoms with E-state index in [1.54, 1.807) is 32.0 Å². The van der Waals surface area contributed by atoms with E-state index in [9.17, 15) is 19.2 Å². The summed E-state index contributed by atoms with van der Waals surface area (Å²) < 4.78 is 15.2. The maximum Gasteiger partial charge on any atom is 0.344 e. The average molecular weight is 436 g/mol. The van der Waals surface area contributed by atoms with Gasteiger partial charge in [-0.15, -0.1) is 0 Å². The second kappa shape index (κ2) is 10.1. The van der Waals surface area contributed by atoms with E-state index in [-0.39, 0.29) is 19.6 Å². The topological polar surface area (TPSA) is 127 Å². The molecular weight excluding hydrogens is 408 g/mol. The van der Waals surface area contributed by atoms with E-state index in [1.165, 1.54) is 26.2 Å². The number of amides is 4. The Morgan fingerprint density at radius 1 is 1.10 bits per heavy atom. The van der Waals surface area contributed by atoms with Crippen molar-refractivity contribution in [2.75, 3.05) is 34.4 Å². The molecule has 0 aliphatic carbocycles. The van der Waals surface area contributed by atoms with Gasteiger partial charge in [0.15, 0.2) is 0 Å². The van der Waals surface area contributed by atoms with Crippen molar-refractivity contribution >= 4 is 23.8 Å². The number of nitrogens with one attached hydrogen (secondary N) is 2. The van der Waals surface area contributed by atoms with Crippen molar-refractivity contribution in [1.82, 2.24) is 20.7 Å². The number of methoxy groups -OCH3 is 3. The third kappa shape index (κ3) is 5.85. The smallest absolute Gasteiger partial charge is 0.344 e. The van der Waals surface area contributed by atoms with E-state index in [0.717, 1.165) is 5.56 Å². The van der Waals surface area contributed by atoms with Crippen LogP contribution in [0.1, 0.15) is 25.8 Å². The van der Waals surface area contributed by atoms with Crippen molar-refractivity contribution in [3.05, 3.63) is 23.8 Å². The molecule has 1 aromatic carbocycles. The first-order valence-electron chi connectivity index (χ1n) is 9.63. The van der Waals surface area contributed by atoms with Gasteiger partial charge in [0.05, 0.1) is 34.4 Å². The minimum atomic E-state index is -1.08. The monoisotopic (exact) mass is 436 g/mol. The quantitative estimate of drug-likeness (QED) is 0.399. The van der Waals surface area contributed by atoms with Gasteiger partial charge >= 0.3 is 12.0 Å². The van der Waals surface area contributed by atoms with Crippen LogP contribution in [0, 0.1) is 0 Å². The number of nitrogens with zero attached hydrogens (tertiary/aromatic N) is 2. The molecule has 2 rings (SSSR count). The molecule has 170 valence electrons. The Morgan fingerprint density at radius 2 is 1.71 bits per heavy atom. The number of hydrogen-bond acceptors (Lipinski definition) is 8. The lowest BCUT2D eigenvalue weighted by Gasteiger charge is -2.23. The van der Waals surface area contributed by atoms with Gasteiger partial charge < -0.3 is 19.5 Å². The van der Waals surface area contributed by atoms with Crippen LogP contribution < -0.4 is 20.2 Å². The van der Waals surface area contributed by atoms with E-state index in [2.05, 4.69) is 10.7 Å². The predicted octanol–water partition coefficient (Wildman–Crippen LogP) is 0.431. The summed E-state index contributed by atoms with van der Waals surface area (Å²) in [5.41, 5.74) is 1.96. The molecular formula is C20H28N4O7. The molecule has 1 aliphatic heterocycles. The van der Waals surface area contributed by atoms with Gasteiger partial charge in [0.1, 0.15) is 17.0 Å². The number of carbonyl (C=O) groups excluding carboxylic acids is 4. The normalized spacial score (nSPS) is 18.1. The van der Waals surface area contributed by atoms with Crippen molar-refractivity contribution < 1.29 is 33.4 Å². The SMILES string of the molecule is CCC1(C)NC(=O)N(NC(=O)CN(CC(=O)OC)Cc2cc(OC)cc(OC)c2)C1=O. The Balaban J connectivity index is 2.14. The highest BCUT2D eigenvalue weighted by Gasteiger charge is 2.47. The van der Waals surface area contributed by atoms with Crippen LogP contribution in [0.25, 0.3) is 0 Å². The summed E-state index contributed by atoms with van der Waals surface area (Å²) in [7, 11) is 4.27. The molecule has 0 saturated carbocycles. The molecule has 11 nitrogen and oxygen atoms in total. The van der Waals surface area contributed by atoms with E-state index in [0.29, 0.717) is 22.9 Å². The fourth-order valence-corrected chi connectivity index (χ4v) is 3.02. The number of esters is 1. The zero-order valence-electron chi connectivity index (χ0n) is 18.3. The number of carbonyl (C=O) groups is 4. The highest BCUT2D eigenvalue weighted by atomic mass is 16.5. The summed E-state index contributed by atoms with van der Waals surface area (Å²) in [5.74, 6) is -0.630. The first kappa shape index (κ1) is 23.9. The predicted molar refractivity (Wildman–Crippen MR) is 109 cm³/mol. The molecule has 31 heavy (non-hydrogen) atoms. The van der Waals surface area contributed by atoms with Gasteiger partial charge in [-0.2, -0.15) is 5.01 Å². The van der Waals surface area contributed by atoms with Crippen molar-refractivity contribution in [3.8, 4) is 11.5 Å². The Kier molecular flexibility index (Phi) is 7.81. The summed E-state index contributed by atoms with van der Waals surface area (Å²) in [6.45, 7) is 3.07. The Hall–Kier alpha value is -3.34. The highest BCUT2D eigenvalue weighted by molar-refractivity contribution is 6.07. The van der Waals surface area contributed by atoms with Crippen LogP contribution >= 0.6 is 0 Å². The number of ether oxygens (including phenoxy) is 3. The summed E-state index contributed by atoms with van der Waals surface area (Å²) >= 11 is 0. The van der Waals surface area contributed by atoms with Crippen LogP contribution in [0.4, 0.5) is 4.79 Å².